The maximum absolute atomic E-state index is 11.2. The van der Waals surface area contributed by atoms with E-state index in [4.69, 9.17) is 0 Å². The van der Waals surface area contributed by atoms with Crippen molar-refractivity contribution in [1.82, 2.24) is 14.7 Å². The van der Waals surface area contributed by atoms with Crippen molar-refractivity contribution in [3.8, 4) is 0 Å². The molecule has 2 aliphatic heterocycles. The topological polar surface area (TPSA) is 47.0 Å². The molecule has 3 aliphatic rings. The number of piperidine rings is 1. The highest BCUT2D eigenvalue weighted by Gasteiger charge is 2.41. The molecular formula is C21H30BrN3O2. The highest BCUT2D eigenvalue weighted by molar-refractivity contribution is 9.10. The molecule has 2 saturated heterocycles. The van der Waals surface area contributed by atoms with Crippen LogP contribution in [0.25, 0.3) is 0 Å². The zero-order valence-corrected chi connectivity index (χ0v) is 17.9. The summed E-state index contributed by atoms with van der Waals surface area (Å²) in [5.74, 6) is 0. The predicted octanol–water partition coefficient (Wildman–Crippen LogP) is 3.98. The van der Waals surface area contributed by atoms with Crippen LogP contribution >= 0.6 is 15.9 Å². The Morgan fingerprint density at radius 3 is 2.63 bits per heavy atom. The van der Waals surface area contributed by atoms with Crippen LogP contribution in [-0.4, -0.2) is 70.2 Å². The van der Waals surface area contributed by atoms with Crippen molar-refractivity contribution in [2.75, 3.05) is 32.7 Å². The quantitative estimate of drug-likeness (QED) is 0.762. The lowest BCUT2D eigenvalue weighted by atomic mass is 9.86. The summed E-state index contributed by atoms with van der Waals surface area (Å²) >= 11 is 3.60. The van der Waals surface area contributed by atoms with Gasteiger partial charge in [-0.3, -0.25) is 9.80 Å². The monoisotopic (exact) mass is 435 g/mol. The van der Waals surface area contributed by atoms with Crippen molar-refractivity contribution in [3.63, 3.8) is 0 Å². The van der Waals surface area contributed by atoms with E-state index in [1.54, 1.807) is 4.90 Å². The predicted molar refractivity (Wildman–Crippen MR) is 110 cm³/mol. The van der Waals surface area contributed by atoms with Gasteiger partial charge in [0.05, 0.1) is 0 Å². The summed E-state index contributed by atoms with van der Waals surface area (Å²) in [4.78, 5) is 18.1. The van der Waals surface area contributed by atoms with Crippen LogP contribution in [0.1, 0.15) is 50.3 Å². The standard InChI is InChI=1S/C21H30BrN3O2/c1-15-14-24(21(2)7-9-23(10-8-21)20(26)27)11-12-25(15)19-6-3-16-13-17(22)4-5-18(16)19/h4-5,13,15,19H,3,6-12,14H2,1-2H3,(H,26,27)/t15-,19?/m0/s1. The van der Waals surface area contributed by atoms with Crippen molar-refractivity contribution < 1.29 is 9.90 Å². The van der Waals surface area contributed by atoms with Crippen LogP contribution in [0.2, 0.25) is 0 Å². The van der Waals surface area contributed by atoms with Crippen molar-refractivity contribution in [2.45, 2.75) is 57.2 Å². The molecule has 0 radical (unpaired) electrons. The molecule has 1 aromatic carbocycles. The van der Waals surface area contributed by atoms with E-state index in [1.165, 1.54) is 28.4 Å². The number of likely N-dealkylation sites (tertiary alicyclic amines) is 1. The summed E-state index contributed by atoms with van der Waals surface area (Å²) < 4.78 is 1.18. The maximum Gasteiger partial charge on any atom is 0.407 e. The second-order valence-electron chi connectivity index (χ2n) is 8.70. The van der Waals surface area contributed by atoms with E-state index in [0.717, 1.165) is 32.5 Å². The smallest absolute Gasteiger partial charge is 0.407 e. The second kappa shape index (κ2) is 7.37. The van der Waals surface area contributed by atoms with Gasteiger partial charge in [-0.05, 0) is 62.8 Å². The molecule has 27 heavy (non-hydrogen) atoms. The van der Waals surface area contributed by atoms with E-state index in [9.17, 15) is 9.90 Å². The minimum atomic E-state index is -0.776. The molecule has 2 heterocycles. The Balaban J connectivity index is 1.41. The summed E-state index contributed by atoms with van der Waals surface area (Å²) in [7, 11) is 0. The third-order valence-corrected chi connectivity index (χ3v) is 7.60. The number of fused-ring (bicyclic) bond motifs is 1. The molecule has 0 saturated carbocycles. The van der Waals surface area contributed by atoms with Crippen molar-refractivity contribution >= 4 is 22.0 Å². The molecule has 2 fully saturated rings. The third kappa shape index (κ3) is 3.64. The van der Waals surface area contributed by atoms with E-state index >= 15 is 0 Å². The van der Waals surface area contributed by atoms with Gasteiger partial charge in [-0.2, -0.15) is 0 Å². The number of rotatable bonds is 2. The SMILES string of the molecule is C[C@H]1CN(C2(C)CCN(C(=O)O)CC2)CCN1C1CCc2cc(Br)ccc21. The van der Waals surface area contributed by atoms with Gasteiger partial charge in [0.2, 0.25) is 0 Å². The summed E-state index contributed by atoms with van der Waals surface area (Å²) in [6.45, 7) is 9.26. The molecule has 0 bridgehead atoms. The largest absolute Gasteiger partial charge is 0.465 e. The number of amides is 1. The first kappa shape index (κ1) is 19.2. The molecule has 148 valence electrons. The summed E-state index contributed by atoms with van der Waals surface area (Å²) in [5, 5.41) is 9.22. The Bertz CT molecular complexity index is 717. The van der Waals surface area contributed by atoms with Crippen LogP contribution in [-0.2, 0) is 6.42 Å². The fourth-order valence-electron chi connectivity index (χ4n) is 5.33. The molecule has 1 amide bonds. The molecule has 5 nitrogen and oxygen atoms in total. The van der Waals surface area contributed by atoms with Crippen LogP contribution in [0, 0.1) is 0 Å². The van der Waals surface area contributed by atoms with E-state index in [-0.39, 0.29) is 5.54 Å². The number of benzene rings is 1. The number of carbonyl (C=O) groups is 1. The number of halogens is 1. The maximum atomic E-state index is 11.2. The molecule has 2 atom stereocenters. The van der Waals surface area contributed by atoms with Gasteiger partial charge in [-0.15, -0.1) is 0 Å². The van der Waals surface area contributed by atoms with Gasteiger partial charge in [0.25, 0.3) is 0 Å². The van der Waals surface area contributed by atoms with Gasteiger partial charge < -0.3 is 10.0 Å². The zero-order valence-electron chi connectivity index (χ0n) is 16.3. The van der Waals surface area contributed by atoms with E-state index in [2.05, 4.69) is 57.8 Å². The Morgan fingerprint density at radius 2 is 1.96 bits per heavy atom. The molecule has 1 unspecified atom stereocenters. The number of carboxylic acid groups (broad SMARTS) is 1. The van der Waals surface area contributed by atoms with Crippen LogP contribution in [0.5, 0.6) is 0 Å². The molecule has 1 aromatic rings. The Hall–Kier alpha value is -1.11. The number of piperazine rings is 1. The van der Waals surface area contributed by atoms with Crippen LogP contribution in [0.15, 0.2) is 22.7 Å². The van der Waals surface area contributed by atoms with E-state index < -0.39 is 6.09 Å². The Labute approximate surface area is 170 Å². The first-order valence-electron chi connectivity index (χ1n) is 10.1. The highest BCUT2D eigenvalue weighted by Crippen LogP contribution is 2.40. The normalized spacial score (nSPS) is 28.9. The molecule has 4 rings (SSSR count). The first-order chi connectivity index (χ1) is 12.9. The molecular weight excluding hydrogens is 406 g/mol. The number of nitrogens with zero attached hydrogens (tertiary/aromatic N) is 3. The second-order valence-corrected chi connectivity index (χ2v) is 9.61. The Kier molecular flexibility index (Phi) is 5.25. The average Bonchev–Trinajstić information content (AvgIpc) is 3.04. The third-order valence-electron chi connectivity index (χ3n) is 7.10. The van der Waals surface area contributed by atoms with Crippen molar-refractivity contribution in [2.24, 2.45) is 0 Å². The van der Waals surface area contributed by atoms with Crippen LogP contribution < -0.4 is 0 Å². The highest BCUT2D eigenvalue weighted by atomic mass is 79.9. The first-order valence-corrected chi connectivity index (χ1v) is 10.9. The number of hydrogen-bond donors (Lipinski definition) is 1. The van der Waals surface area contributed by atoms with Gasteiger partial charge >= 0.3 is 6.09 Å². The number of hydrogen-bond acceptors (Lipinski definition) is 3. The average molecular weight is 436 g/mol. The van der Waals surface area contributed by atoms with Gasteiger partial charge in [0.1, 0.15) is 0 Å². The molecule has 6 heteroatoms. The van der Waals surface area contributed by atoms with Gasteiger partial charge in [-0.1, -0.05) is 22.0 Å². The Morgan fingerprint density at radius 1 is 1.22 bits per heavy atom. The van der Waals surface area contributed by atoms with Crippen molar-refractivity contribution in [1.29, 1.82) is 0 Å². The molecule has 1 aliphatic carbocycles. The molecule has 0 spiro atoms. The lowest BCUT2D eigenvalue weighted by molar-refractivity contribution is -0.0300. The molecule has 0 aromatic heterocycles. The fraction of sp³-hybridized carbons (Fsp3) is 0.667. The number of aryl methyl sites for hydroxylation is 1. The van der Waals surface area contributed by atoms with Crippen LogP contribution in [0.3, 0.4) is 0 Å². The minimum absolute atomic E-state index is 0.130. The zero-order chi connectivity index (χ0) is 19.2. The lowest BCUT2D eigenvalue weighted by Crippen LogP contribution is -2.62. The summed E-state index contributed by atoms with van der Waals surface area (Å²) in [5.41, 5.74) is 3.14. The lowest BCUT2D eigenvalue weighted by Gasteiger charge is -2.52. The van der Waals surface area contributed by atoms with Gasteiger partial charge in [0.15, 0.2) is 0 Å². The summed E-state index contributed by atoms with van der Waals surface area (Å²) in [6.07, 6.45) is 3.50. The minimum Gasteiger partial charge on any atom is -0.465 e. The summed E-state index contributed by atoms with van der Waals surface area (Å²) in [6, 6.07) is 7.83. The van der Waals surface area contributed by atoms with E-state index in [0.29, 0.717) is 25.2 Å². The van der Waals surface area contributed by atoms with Crippen molar-refractivity contribution in [3.05, 3.63) is 33.8 Å². The molecule has 1 N–H and O–H groups in total. The van der Waals surface area contributed by atoms with Gasteiger partial charge in [-0.25, -0.2) is 4.79 Å². The van der Waals surface area contributed by atoms with Crippen LogP contribution in [0.4, 0.5) is 4.79 Å². The van der Waals surface area contributed by atoms with Gasteiger partial charge in [0, 0.05) is 54.8 Å². The van der Waals surface area contributed by atoms with E-state index in [1.807, 2.05) is 0 Å². The fourth-order valence-corrected chi connectivity index (χ4v) is 5.74.